The molecule has 0 bridgehead atoms. The lowest BCUT2D eigenvalue weighted by Gasteiger charge is -2.34. The first-order chi connectivity index (χ1) is 14.3. The third kappa shape index (κ3) is 5.64. The largest absolute Gasteiger partial charge is 0.490 e. The molecule has 1 atom stereocenters. The highest BCUT2D eigenvalue weighted by molar-refractivity contribution is 5.80. The Bertz CT molecular complexity index is 663. The van der Waals surface area contributed by atoms with E-state index in [-0.39, 0.29) is 0 Å². The summed E-state index contributed by atoms with van der Waals surface area (Å²) in [6, 6.07) is 8.34. The second-order valence-corrected chi connectivity index (χ2v) is 8.33. The molecule has 0 amide bonds. The summed E-state index contributed by atoms with van der Waals surface area (Å²) in [5.41, 5.74) is 1.19. The van der Waals surface area contributed by atoms with Gasteiger partial charge in [-0.15, -0.1) is 0 Å². The van der Waals surface area contributed by atoms with Crippen molar-refractivity contribution in [1.29, 1.82) is 0 Å². The van der Waals surface area contributed by atoms with Crippen LogP contribution in [0, 0.1) is 0 Å². The minimum atomic E-state index is 0.310. The molecule has 6 heteroatoms. The molecule has 2 heterocycles. The number of hydrogen-bond donors (Lipinski definition) is 1. The van der Waals surface area contributed by atoms with Crippen molar-refractivity contribution in [2.75, 3.05) is 33.4 Å². The van der Waals surface area contributed by atoms with Crippen molar-refractivity contribution in [2.45, 2.75) is 69.8 Å². The van der Waals surface area contributed by atoms with E-state index >= 15 is 0 Å². The van der Waals surface area contributed by atoms with Crippen molar-refractivity contribution in [3.05, 3.63) is 29.8 Å². The fourth-order valence-corrected chi connectivity index (χ4v) is 4.19. The number of guanidine groups is 1. The number of ether oxygens (including phenoxy) is 3. The minimum Gasteiger partial charge on any atom is -0.490 e. The molecule has 29 heavy (non-hydrogen) atoms. The quantitative estimate of drug-likeness (QED) is 0.561. The van der Waals surface area contributed by atoms with Crippen LogP contribution in [0.2, 0.25) is 0 Å². The number of hydrogen-bond acceptors (Lipinski definition) is 4. The lowest BCUT2D eigenvalue weighted by atomic mass is 9.96. The lowest BCUT2D eigenvalue weighted by molar-refractivity contribution is -0.0367. The van der Waals surface area contributed by atoms with Gasteiger partial charge in [0.25, 0.3) is 0 Å². The van der Waals surface area contributed by atoms with Gasteiger partial charge in [-0.2, -0.15) is 0 Å². The summed E-state index contributed by atoms with van der Waals surface area (Å²) in [5.74, 6) is 1.96. The Kier molecular flexibility index (Phi) is 7.28. The fraction of sp³-hybridized carbons (Fsp3) is 0.696. The molecule has 0 radical (unpaired) electrons. The highest BCUT2D eigenvalue weighted by Gasteiger charge is 2.24. The second kappa shape index (κ2) is 10.3. The Labute approximate surface area is 174 Å². The topological polar surface area (TPSA) is 55.3 Å². The molecule has 2 aliphatic heterocycles. The van der Waals surface area contributed by atoms with Gasteiger partial charge in [-0.25, -0.2) is 0 Å². The van der Waals surface area contributed by atoms with E-state index in [4.69, 9.17) is 14.2 Å². The van der Waals surface area contributed by atoms with Crippen LogP contribution in [-0.2, 0) is 16.0 Å². The number of rotatable bonds is 7. The second-order valence-electron chi connectivity index (χ2n) is 8.33. The number of benzene rings is 1. The van der Waals surface area contributed by atoms with Crippen LogP contribution in [-0.4, -0.2) is 62.5 Å². The molecule has 1 unspecified atom stereocenters. The molecule has 0 spiro atoms. The molecule has 6 nitrogen and oxygen atoms in total. The Hall–Kier alpha value is -1.79. The number of aliphatic imine (C=N–C) groups is 1. The molecular weight excluding hydrogens is 366 g/mol. The Morgan fingerprint density at radius 3 is 2.62 bits per heavy atom. The molecule has 1 aromatic carbocycles. The molecule has 1 aromatic rings. The Morgan fingerprint density at radius 1 is 1.10 bits per heavy atom. The van der Waals surface area contributed by atoms with Crippen molar-refractivity contribution in [3.63, 3.8) is 0 Å². The number of piperidine rings is 1. The van der Waals surface area contributed by atoms with Gasteiger partial charge in [0.15, 0.2) is 5.96 Å². The van der Waals surface area contributed by atoms with Crippen LogP contribution in [0.3, 0.4) is 0 Å². The van der Waals surface area contributed by atoms with Crippen LogP contribution in [0.4, 0.5) is 0 Å². The Morgan fingerprint density at radius 2 is 1.93 bits per heavy atom. The smallest absolute Gasteiger partial charge is 0.193 e. The predicted octanol–water partition coefficient (Wildman–Crippen LogP) is 3.35. The third-order valence-electron chi connectivity index (χ3n) is 6.25. The van der Waals surface area contributed by atoms with Gasteiger partial charge in [-0.05, 0) is 51.0 Å². The van der Waals surface area contributed by atoms with E-state index in [1.807, 2.05) is 13.1 Å². The fourth-order valence-electron chi connectivity index (χ4n) is 4.19. The lowest BCUT2D eigenvalue weighted by Crippen LogP contribution is -2.47. The first-order valence-electron chi connectivity index (χ1n) is 11.2. The van der Waals surface area contributed by atoms with Gasteiger partial charge in [-0.3, -0.25) is 4.99 Å². The zero-order chi connectivity index (χ0) is 19.9. The van der Waals surface area contributed by atoms with Crippen molar-refractivity contribution >= 4 is 5.96 Å². The van der Waals surface area contributed by atoms with Crippen LogP contribution in [0.5, 0.6) is 5.75 Å². The van der Waals surface area contributed by atoms with Gasteiger partial charge in [0, 0.05) is 38.9 Å². The molecule has 1 N–H and O–H groups in total. The predicted molar refractivity (Wildman–Crippen MR) is 114 cm³/mol. The van der Waals surface area contributed by atoms with Crippen LogP contribution in [0.1, 0.15) is 50.5 Å². The van der Waals surface area contributed by atoms with Crippen LogP contribution < -0.4 is 10.1 Å². The highest BCUT2D eigenvalue weighted by atomic mass is 16.5. The van der Waals surface area contributed by atoms with E-state index in [0.29, 0.717) is 18.3 Å². The summed E-state index contributed by atoms with van der Waals surface area (Å²) in [6.45, 7) is 4.30. The standard InChI is InChI=1S/C23H35N3O3/c1-24-23(25-16-18-6-2-3-10-22(18)29-20-7-4-8-20)26-13-11-19(12-14-26)28-17-21-9-5-15-27-21/h2-3,6,10,19-21H,4-5,7-9,11-17H2,1H3,(H,24,25). The average Bonchev–Trinajstić information content (AvgIpc) is 3.25. The summed E-state index contributed by atoms with van der Waals surface area (Å²) >= 11 is 0. The molecule has 160 valence electrons. The molecule has 0 aromatic heterocycles. The molecule has 3 fully saturated rings. The summed E-state index contributed by atoms with van der Waals surface area (Å²) in [4.78, 5) is 6.84. The van der Waals surface area contributed by atoms with Crippen molar-refractivity contribution in [3.8, 4) is 5.75 Å². The van der Waals surface area contributed by atoms with Gasteiger partial charge in [0.1, 0.15) is 5.75 Å². The number of para-hydroxylation sites is 1. The first-order valence-corrected chi connectivity index (χ1v) is 11.2. The summed E-state index contributed by atoms with van der Waals surface area (Å²) in [7, 11) is 1.86. The van der Waals surface area contributed by atoms with Crippen molar-refractivity contribution < 1.29 is 14.2 Å². The van der Waals surface area contributed by atoms with E-state index in [0.717, 1.165) is 63.8 Å². The summed E-state index contributed by atoms with van der Waals surface area (Å²) < 4.78 is 17.9. The van der Waals surface area contributed by atoms with Gasteiger partial charge in [-0.1, -0.05) is 18.2 Å². The van der Waals surface area contributed by atoms with Crippen molar-refractivity contribution in [2.24, 2.45) is 4.99 Å². The first kappa shape index (κ1) is 20.5. The van der Waals surface area contributed by atoms with Crippen LogP contribution in [0.25, 0.3) is 0 Å². The molecule has 1 aliphatic carbocycles. The highest BCUT2D eigenvalue weighted by Crippen LogP contribution is 2.27. The SMILES string of the molecule is CN=C(NCc1ccccc1OC1CCC1)N1CCC(OCC2CCCO2)CC1. The van der Waals surface area contributed by atoms with E-state index < -0.39 is 0 Å². The average molecular weight is 402 g/mol. The molecular formula is C23H35N3O3. The summed E-state index contributed by atoms with van der Waals surface area (Å²) in [6.07, 6.45) is 9.05. The number of nitrogens with zero attached hydrogens (tertiary/aromatic N) is 2. The van der Waals surface area contributed by atoms with Gasteiger partial charge >= 0.3 is 0 Å². The maximum atomic E-state index is 6.16. The monoisotopic (exact) mass is 401 g/mol. The van der Waals surface area contributed by atoms with E-state index in [9.17, 15) is 0 Å². The van der Waals surface area contributed by atoms with E-state index in [2.05, 4.69) is 33.4 Å². The molecule has 4 rings (SSSR count). The zero-order valence-electron chi connectivity index (χ0n) is 17.6. The minimum absolute atomic E-state index is 0.310. The zero-order valence-corrected chi connectivity index (χ0v) is 17.6. The van der Waals surface area contributed by atoms with Gasteiger partial charge < -0.3 is 24.4 Å². The maximum Gasteiger partial charge on any atom is 0.193 e. The number of likely N-dealkylation sites (tertiary alicyclic amines) is 1. The summed E-state index contributed by atoms with van der Waals surface area (Å²) in [5, 5.41) is 3.53. The molecule has 3 aliphatic rings. The van der Waals surface area contributed by atoms with Crippen LogP contribution >= 0.6 is 0 Å². The van der Waals surface area contributed by atoms with Crippen LogP contribution in [0.15, 0.2) is 29.3 Å². The van der Waals surface area contributed by atoms with Gasteiger partial charge in [0.2, 0.25) is 0 Å². The van der Waals surface area contributed by atoms with Gasteiger partial charge in [0.05, 0.1) is 24.9 Å². The van der Waals surface area contributed by atoms with E-state index in [1.165, 1.54) is 31.2 Å². The van der Waals surface area contributed by atoms with Crippen molar-refractivity contribution in [1.82, 2.24) is 10.2 Å². The molecule has 1 saturated carbocycles. The molecule has 2 saturated heterocycles. The van der Waals surface area contributed by atoms with E-state index in [1.54, 1.807) is 0 Å². The third-order valence-corrected chi connectivity index (χ3v) is 6.25. The normalized spacial score (nSPS) is 23.8. The Balaban J connectivity index is 1.23. The maximum absolute atomic E-state index is 6.16. The number of nitrogens with one attached hydrogen (secondary N) is 1.